The molecule has 4 fully saturated rings. The minimum Gasteiger partial charge on any atom is -0.350 e. The monoisotopic (exact) mass is 391 g/mol. The Labute approximate surface area is 151 Å². The highest BCUT2D eigenvalue weighted by molar-refractivity contribution is 8.00. The normalized spacial score (nSPS) is 32.1. The summed E-state index contributed by atoms with van der Waals surface area (Å²) in [6.45, 7) is 0. The van der Waals surface area contributed by atoms with Gasteiger partial charge in [-0.3, -0.25) is 4.79 Å². The van der Waals surface area contributed by atoms with Crippen molar-refractivity contribution in [2.24, 2.45) is 17.8 Å². The Morgan fingerprint density at radius 3 is 1.73 bits per heavy atom. The van der Waals surface area contributed by atoms with Crippen molar-refractivity contribution in [1.82, 2.24) is 5.32 Å². The average molecular weight is 391 g/mol. The lowest BCUT2D eigenvalue weighted by atomic mass is 9.53. The second kappa shape index (κ2) is 6.39. The molecule has 4 aliphatic carbocycles. The van der Waals surface area contributed by atoms with Gasteiger partial charge in [0.2, 0.25) is 11.7 Å². The molecule has 4 bridgehead atoms. The van der Waals surface area contributed by atoms with Crippen LogP contribution < -0.4 is 5.32 Å². The van der Waals surface area contributed by atoms with Gasteiger partial charge < -0.3 is 5.32 Å². The highest BCUT2D eigenvalue weighted by atomic mass is 32.2. The van der Waals surface area contributed by atoms with Gasteiger partial charge in [0.25, 0.3) is 0 Å². The first kappa shape index (κ1) is 18.1. The van der Waals surface area contributed by atoms with E-state index in [-0.39, 0.29) is 11.3 Å². The van der Waals surface area contributed by atoms with Crippen molar-refractivity contribution in [2.45, 2.75) is 49.0 Å². The summed E-state index contributed by atoms with van der Waals surface area (Å²) in [7, 11) is 0. The molecule has 4 aliphatic rings. The molecule has 5 rings (SSSR count). The molecule has 1 amide bonds. The largest absolute Gasteiger partial charge is 0.350 e. The summed E-state index contributed by atoms with van der Waals surface area (Å²) in [5, 5.41) is 3.01. The van der Waals surface area contributed by atoms with Gasteiger partial charge in [0, 0.05) is 5.54 Å². The highest BCUT2D eigenvalue weighted by Crippen LogP contribution is 2.55. The van der Waals surface area contributed by atoms with E-state index >= 15 is 0 Å². The number of carbonyl (C=O) groups is 1. The summed E-state index contributed by atoms with van der Waals surface area (Å²) in [6.07, 6.45) is 6.35. The lowest BCUT2D eigenvalue weighted by Gasteiger charge is -2.56. The maximum Gasteiger partial charge on any atom is 0.230 e. The number of benzene rings is 1. The van der Waals surface area contributed by atoms with Crippen molar-refractivity contribution in [2.75, 3.05) is 5.75 Å². The Kier molecular flexibility index (Phi) is 4.44. The van der Waals surface area contributed by atoms with E-state index in [1.807, 2.05) is 0 Å². The van der Waals surface area contributed by atoms with Crippen molar-refractivity contribution in [3.8, 4) is 0 Å². The van der Waals surface area contributed by atoms with Crippen LogP contribution in [0.5, 0.6) is 0 Å². The quantitative estimate of drug-likeness (QED) is 0.353. The third-order valence-corrected chi connectivity index (χ3v) is 7.01. The van der Waals surface area contributed by atoms with Crippen LogP contribution in [0.1, 0.15) is 38.5 Å². The molecule has 0 unspecified atom stereocenters. The van der Waals surface area contributed by atoms with Crippen LogP contribution in [0.2, 0.25) is 0 Å². The second-order valence-corrected chi connectivity index (χ2v) is 8.92. The summed E-state index contributed by atoms with van der Waals surface area (Å²) in [5.41, 5.74) is -0.261. The molecular weight excluding hydrogens is 373 g/mol. The molecule has 0 spiro atoms. The van der Waals surface area contributed by atoms with Gasteiger partial charge in [-0.25, -0.2) is 22.0 Å². The van der Waals surface area contributed by atoms with Crippen LogP contribution in [0.25, 0.3) is 0 Å². The van der Waals surface area contributed by atoms with E-state index in [0.29, 0.717) is 29.5 Å². The van der Waals surface area contributed by atoms with Crippen molar-refractivity contribution in [3.63, 3.8) is 0 Å². The third kappa shape index (κ3) is 3.00. The lowest BCUT2D eigenvalue weighted by Crippen LogP contribution is -2.60. The van der Waals surface area contributed by atoms with Crippen LogP contribution in [-0.4, -0.2) is 17.2 Å². The number of hydrogen-bond donors (Lipinski definition) is 1. The van der Waals surface area contributed by atoms with Crippen LogP contribution in [0.15, 0.2) is 4.90 Å². The van der Waals surface area contributed by atoms with Crippen LogP contribution in [0.4, 0.5) is 22.0 Å². The molecule has 0 aromatic heterocycles. The predicted octanol–water partition coefficient (Wildman–Crippen LogP) is 4.56. The molecule has 0 radical (unpaired) electrons. The van der Waals surface area contributed by atoms with Crippen molar-refractivity contribution in [1.29, 1.82) is 0 Å². The molecular formula is C18H18F5NOS. The van der Waals surface area contributed by atoms with Crippen LogP contribution in [-0.2, 0) is 4.79 Å². The van der Waals surface area contributed by atoms with E-state index in [1.54, 1.807) is 0 Å². The van der Waals surface area contributed by atoms with Crippen LogP contribution in [0, 0.1) is 46.8 Å². The Balaban J connectivity index is 1.44. The standard InChI is InChI=1S/C18H18F5NOS/c19-12-13(20)15(22)17(16(23)14(12)21)26-7-11(25)24-18-4-8-1-9(5-18)3-10(2-8)6-18/h8-10H,1-7H2,(H,24,25). The summed E-state index contributed by atoms with van der Waals surface area (Å²) in [5.74, 6) is -8.94. The lowest BCUT2D eigenvalue weighted by molar-refractivity contribution is -0.124. The predicted molar refractivity (Wildman–Crippen MR) is 86.0 cm³/mol. The molecule has 8 heteroatoms. The number of amides is 1. The molecule has 2 nitrogen and oxygen atoms in total. The SMILES string of the molecule is O=C(CSc1c(F)c(F)c(F)c(F)c1F)NC12CC3CC(CC(C3)C1)C2. The maximum atomic E-state index is 13.7. The first-order valence-corrected chi connectivity index (χ1v) is 9.72. The second-order valence-electron chi connectivity index (χ2n) is 7.93. The van der Waals surface area contributed by atoms with E-state index in [2.05, 4.69) is 5.32 Å². The summed E-state index contributed by atoms with van der Waals surface area (Å²) < 4.78 is 66.9. The Morgan fingerprint density at radius 2 is 1.27 bits per heavy atom. The zero-order valence-electron chi connectivity index (χ0n) is 13.9. The zero-order chi connectivity index (χ0) is 18.6. The topological polar surface area (TPSA) is 29.1 Å². The van der Waals surface area contributed by atoms with Crippen molar-refractivity contribution < 1.29 is 26.7 Å². The van der Waals surface area contributed by atoms with Gasteiger partial charge in [-0.2, -0.15) is 0 Å². The molecule has 26 heavy (non-hydrogen) atoms. The van der Waals surface area contributed by atoms with Crippen LogP contribution >= 0.6 is 11.8 Å². The third-order valence-electron chi connectivity index (χ3n) is 5.96. The maximum absolute atomic E-state index is 13.7. The summed E-state index contributed by atoms with van der Waals surface area (Å²) in [4.78, 5) is 11.3. The minimum absolute atomic E-state index is 0.261. The molecule has 4 saturated carbocycles. The van der Waals surface area contributed by atoms with Gasteiger partial charge >= 0.3 is 0 Å². The average Bonchev–Trinajstić information content (AvgIpc) is 2.56. The fourth-order valence-electron chi connectivity index (χ4n) is 5.44. The van der Waals surface area contributed by atoms with E-state index < -0.39 is 39.9 Å². The van der Waals surface area contributed by atoms with E-state index in [1.165, 1.54) is 19.3 Å². The minimum atomic E-state index is -2.19. The van der Waals surface area contributed by atoms with E-state index in [9.17, 15) is 26.7 Å². The van der Waals surface area contributed by atoms with Crippen LogP contribution in [0.3, 0.4) is 0 Å². The molecule has 0 atom stereocenters. The summed E-state index contributed by atoms with van der Waals surface area (Å²) >= 11 is 0.339. The van der Waals surface area contributed by atoms with Gasteiger partial charge in [0.15, 0.2) is 23.3 Å². The van der Waals surface area contributed by atoms with Gasteiger partial charge in [-0.05, 0) is 56.3 Å². The van der Waals surface area contributed by atoms with E-state index in [0.717, 1.165) is 19.3 Å². The molecule has 0 aliphatic heterocycles. The Hall–Kier alpha value is -1.31. The number of halogens is 5. The van der Waals surface area contributed by atoms with Crippen molar-refractivity contribution >= 4 is 17.7 Å². The number of rotatable bonds is 4. The fraction of sp³-hybridized carbons (Fsp3) is 0.611. The zero-order valence-corrected chi connectivity index (χ0v) is 14.7. The van der Waals surface area contributed by atoms with Gasteiger partial charge in [0.05, 0.1) is 10.6 Å². The Bertz CT molecular complexity index is 704. The molecule has 0 heterocycles. The number of nitrogens with one attached hydrogen (secondary N) is 1. The van der Waals surface area contributed by atoms with Gasteiger partial charge in [-0.15, -0.1) is 11.8 Å². The molecule has 1 aromatic rings. The molecule has 0 saturated heterocycles. The fourth-order valence-corrected chi connectivity index (χ4v) is 6.23. The van der Waals surface area contributed by atoms with E-state index in [4.69, 9.17) is 0 Å². The first-order chi connectivity index (χ1) is 12.3. The number of thioether (sulfide) groups is 1. The number of carbonyl (C=O) groups excluding carboxylic acids is 1. The van der Waals surface area contributed by atoms with Crippen molar-refractivity contribution in [3.05, 3.63) is 29.1 Å². The van der Waals surface area contributed by atoms with Gasteiger partial charge in [0.1, 0.15) is 0 Å². The summed E-state index contributed by atoms with van der Waals surface area (Å²) in [6, 6.07) is 0. The first-order valence-electron chi connectivity index (χ1n) is 8.73. The molecule has 142 valence electrons. The highest BCUT2D eigenvalue weighted by Gasteiger charge is 2.51. The Morgan fingerprint density at radius 1 is 0.846 bits per heavy atom. The molecule has 1 aromatic carbocycles. The smallest absolute Gasteiger partial charge is 0.230 e. The van der Waals surface area contributed by atoms with Gasteiger partial charge in [-0.1, -0.05) is 0 Å². The number of hydrogen-bond acceptors (Lipinski definition) is 2. The molecule has 1 N–H and O–H groups in total.